The van der Waals surface area contributed by atoms with Gasteiger partial charge in [0.1, 0.15) is 5.75 Å². The van der Waals surface area contributed by atoms with E-state index >= 15 is 0 Å². The molecule has 0 bridgehead atoms. The van der Waals surface area contributed by atoms with Crippen LogP contribution in [0.25, 0.3) is 0 Å². The number of amides is 1. The van der Waals surface area contributed by atoms with Crippen molar-refractivity contribution in [1.29, 1.82) is 0 Å². The van der Waals surface area contributed by atoms with Crippen molar-refractivity contribution >= 4 is 24.0 Å². The minimum Gasteiger partial charge on any atom is -0.485 e. The summed E-state index contributed by atoms with van der Waals surface area (Å²) in [6.07, 6.45) is 2.54. The highest BCUT2D eigenvalue weighted by Crippen LogP contribution is 2.38. The molecule has 0 radical (unpaired) electrons. The highest BCUT2D eigenvalue weighted by atomic mass is 35.5. The molecule has 3 rings (SSSR count). The van der Waals surface area contributed by atoms with Crippen molar-refractivity contribution in [3.05, 3.63) is 36.0 Å². The van der Waals surface area contributed by atoms with Crippen LogP contribution in [0.1, 0.15) is 43.8 Å². The van der Waals surface area contributed by atoms with Gasteiger partial charge in [0, 0.05) is 24.1 Å². The maximum absolute atomic E-state index is 11.6. The summed E-state index contributed by atoms with van der Waals surface area (Å²) in [6.45, 7) is 2.05. The number of nitrogens with one attached hydrogen (secondary N) is 1. The fourth-order valence-corrected chi connectivity index (χ4v) is 2.11. The zero-order valence-corrected chi connectivity index (χ0v) is 14.2. The van der Waals surface area contributed by atoms with Gasteiger partial charge >= 0.3 is 0 Å². The smallest absolute Gasteiger partial charge is 0.229 e. The number of halogens is 1. The molecule has 0 spiro atoms. The minimum atomic E-state index is -0.159. The fourth-order valence-electron chi connectivity index (χ4n) is 2.11. The summed E-state index contributed by atoms with van der Waals surface area (Å²) in [4.78, 5) is 15.9. The van der Waals surface area contributed by atoms with E-state index in [-0.39, 0.29) is 31.0 Å². The van der Waals surface area contributed by atoms with E-state index in [0.717, 1.165) is 12.8 Å². The second kappa shape index (κ2) is 8.12. The Hall–Kier alpha value is -2.12. The number of carbonyl (C=O) groups excluding carboxylic acids is 1. The molecular formula is C16H21ClN4O3. The second-order valence-electron chi connectivity index (χ2n) is 5.87. The standard InChI is InChI=1S/C16H20N4O3.ClH/c1-10(17)8-15(21)18-12-4-6-13(7-5-12)22-9-14-19-16(23-20-14)11-2-3-11;/h4-7,10-11H,2-3,8-9,17H2,1H3,(H,18,21);1H. The second-order valence-corrected chi connectivity index (χ2v) is 5.87. The molecule has 8 heteroatoms. The van der Waals surface area contributed by atoms with Gasteiger partial charge in [0.25, 0.3) is 0 Å². The van der Waals surface area contributed by atoms with E-state index in [1.165, 1.54) is 0 Å². The van der Waals surface area contributed by atoms with Crippen LogP contribution in [0.5, 0.6) is 5.75 Å². The van der Waals surface area contributed by atoms with Gasteiger partial charge in [0.2, 0.25) is 17.6 Å². The van der Waals surface area contributed by atoms with Crippen LogP contribution >= 0.6 is 12.4 Å². The number of ether oxygens (including phenoxy) is 1. The molecule has 1 saturated carbocycles. The third-order valence-corrected chi connectivity index (χ3v) is 3.42. The Balaban J connectivity index is 0.00000208. The Morgan fingerprint density at radius 2 is 2.12 bits per heavy atom. The number of nitrogens with zero attached hydrogens (tertiary/aromatic N) is 2. The Labute approximate surface area is 146 Å². The number of hydrogen-bond acceptors (Lipinski definition) is 6. The van der Waals surface area contributed by atoms with E-state index in [0.29, 0.717) is 35.5 Å². The molecule has 7 nitrogen and oxygen atoms in total. The molecule has 0 saturated heterocycles. The number of nitrogens with two attached hydrogens (primary N) is 1. The molecule has 1 heterocycles. The summed E-state index contributed by atoms with van der Waals surface area (Å²) < 4.78 is 10.8. The van der Waals surface area contributed by atoms with E-state index in [1.54, 1.807) is 31.2 Å². The first-order valence-electron chi connectivity index (χ1n) is 7.71. The third kappa shape index (κ3) is 5.21. The summed E-state index contributed by atoms with van der Waals surface area (Å²) in [6, 6.07) is 6.96. The molecular weight excluding hydrogens is 332 g/mol. The van der Waals surface area contributed by atoms with Gasteiger partial charge < -0.3 is 20.3 Å². The minimum absolute atomic E-state index is 0. The molecule has 1 fully saturated rings. The lowest BCUT2D eigenvalue weighted by atomic mass is 10.2. The first-order chi connectivity index (χ1) is 11.1. The van der Waals surface area contributed by atoms with Gasteiger partial charge in [-0.2, -0.15) is 4.98 Å². The molecule has 1 aromatic heterocycles. The molecule has 130 valence electrons. The highest BCUT2D eigenvalue weighted by molar-refractivity contribution is 5.91. The average molecular weight is 353 g/mol. The van der Waals surface area contributed by atoms with Crippen LogP contribution in [0.15, 0.2) is 28.8 Å². The van der Waals surface area contributed by atoms with E-state index < -0.39 is 0 Å². The number of hydrogen-bond donors (Lipinski definition) is 2. The number of carbonyl (C=O) groups is 1. The normalized spacial score (nSPS) is 14.6. The van der Waals surface area contributed by atoms with Crippen molar-refractivity contribution in [2.24, 2.45) is 5.73 Å². The SMILES string of the molecule is CC(N)CC(=O)Nc1ccc(OCc2noc(C3CC3)n2)cc1.Cl. The van der Waals surface area contributed by atoms with E-state index in [2.05, 4.69) is 15.5 Å². The quantitative estimate of drug-likeness (QED) is 0.793. The van der Waals surface area contributed by atoms with E-state index in [4.69, 9.17) is 15.0 Å². The van der Waals surface area contributed by atoms with Crippen LogP contribution in [0, 0.1) is 0 Å². The molecule has 1 aliphatic rings. The van der Waals surface area contributed by atoms with E-state index in [9.17, 15) is 4.79 Å². The zero-order chi connectivity index (χ0) is 16.2. The Morgan fingerprint density at radius 1 is 1.42 bits per heavy atom. The number of benzene rings is 1. The summed E-state index contributed by atoms with van der Waals surface area (Å²) in [7, 11) is 0. The van der Waals surface area contributed by atoms with Crippen molar-refractivity contribution < 1.29 is 14.1 Å². The van der Waals surface area contributed by atoms with Crippen molar-refractivity contribution in [2.45, 2.75) is 44.8 Å². The van der Waals surface area contributed by atoms with Crippen molar-refractivity contribution in [2.75, 3.05) is 5.32 Å². The van der Waals surface area contributed by atoms with Crippen molar-refractivity contribution in [3.63, 3.8) is 0 Å². The molecule has 1 aliphatic carbocycles. The van der Waals surface area contributed by atoms with Gasteiger partial charge in [-0.3, -0.25) is 4.79 Å². The number of anilines is 1. The van der Waals surface area contributed by atoms with Crippen LogP contribution in [-0.4, -0.2) is 22.1 Å². The topological polar surface area (TPSA) is 103 Å². The molecule has 0 aliphatic heterocycles. The van der Waals surface area contributed by atoms with Gasteiger partial charge in [0.15, 0.2) is 6.61 Å². The Kier molecular flexibility index (Phi) is 6.16. The largest absolute Gasteiger partial charge is 0.485 e. The molecule has 24 heavy (non-hydrogen) atoms. The number of aromatic nitrogens is 2. The predicted molar refractivity (Wildman–Crippen MR) is 91.2 cm³/mol. The lowest BCUT2D eigenvalue weighted by Crippen LogP contribution is -2.23. The average Bonchev–Trinajstić information content (AvgIpc) is 3.25. The van der Waals surface area contributed by atoms with Gasteiger partial charge in [-0.15, -0.1) is 12.4 Å². The van der Waals surface area contributed by atoms with Gasteiger partial charge in [0.05, 0.1) is 0 Å². The molecule has 1 aromatic carbocycles. The lowest BCUT2D eigenvalue weighted by Gasteiger charge is -2.08. The van der Waals surface area contributed by atoms with Gasteiger partial charge in [-0.05, 0) is 44.0 Å². The first-order valence-corrected chi connectivity index (χ1v) is 7.71. The van der Waals surface area contributed by atoms with Crippen molar-refractivity contribution in [3.8, 4) is 5.75 Å². The van der Waals surface area contributed by atoms with Crippen LogP contribution in [-0.2, 0) is 11.4 Å². The lowest BCUT2D eigenvalue weighted by molar-refractivity contribution is -0.116. The molecule has 1 unspecified atom stereocenters. The van der Waals surface area contributed by atoms with Crippen LogP contribution in [0.2, 0.25) is 0 Å². The molecule has 2 aromatic rings. The van der Waals surface area contributed by atoms with Crippen LogP contribution in [0.3, 0.4) is 0 Å². The maximum Gasteiger partial charge on any atom is 0.229 e. The molecule has 1 amide bonds. The Bertz CT molecular complexity index is 668. The number of rotatable bonds is 7. The first kappa shape index (κ1) is 18.2. The van der Waals surface area contributed by atoms with Gasteiger partial charge in [-0.1, -0.05) is 5.16 Å². The molecule has 1 atom stereocenters. The predicted octanol–water partition coefficient (Wildman–Crippen LogP) is 2.62. The highest BCUT2D eigenvalue weighted by Gasteiger charge is 2.29. The monoisotopic (exact) mass is 352 g/mol. The molecule has 3 N–H and O–H groups in total. The zero-order valence-electron chi connectivity index (χ0n) is 13.4. The van der Waals surface area contributed by atoms with Crippen molar-refractivity contribution in [1.82, 2.24) is 10.1 Å². The summed E-state index contributed by atoms with van der Waals surface area (Å²) in [5.41, 5.74) is 6.30. The maximum atomic E-state index is 11.6. The summed E-state index contributed by atoms with van der Waals surface area (Å²) in [5, 5.41) is 6.68. The summed E-state index contributed by atoms with van der Waals surface area (Å²) >= 11 is 0. The van der Waals surface area contributed by atoms with Crippen LogP contribution in [0.4, 0.5) is 5.69 Å². The Morgan fingerprint density at radius 3 is 2.75 bits per heavy atom. The van der Waals surface area contributed by atoms with Gasteiger partial charge in [-0.25, -0.2) is 0 Å². The summed E-state index contributed by atoms with van der Waals surface area (Å²) in [5.74, 6) is 2.26. The van der Waals surface area contributed by atoms with E-state index in [1.807, 2.05) is 0 Å². The third-order valence-electron chi connectivity index (χ3n) is 3.42. The fraction of sp³-hybridized carbons (Fsp3) is 0.438. The van der Waals surface area contributed by atoms with Crippen LogP contribution < -0.4 is 15.8 Å².